The van der Waals surface area contributed by atoms with E-state index in [9.17, 15) is 21.6 Å². The van der Waals surface area contributed by atoms with Gasteiger partial charge in [0.25, 0.3) is 0 Å². The fraction of sp³-hybridized carbons (Fsp3) is 0.222. The van der Waals surface area contributed by atoms with Crippen molar-refractivity contribution < 1.29 is 26.3 Å². The average Bonchev–Trinajstić information content (AvgIpc) is 3.25. The molecular formula is C18H17F3N2O3S2. The van der Waals surface area contributed by atoms with Gasteiger partial charge in [-0.05, 0) is 47.8 Å². The summed E-state index contributed by atoms with van der Waals surface area (Å²) in [6.07, 6.45) is -3.02. The van der Waals surface area contributed by atoms with E-state index in [1.165, 1.54) is 15.6 Å². The molecule has 0 spiro atoms. The van der Waals surface area contributed by atoms with Crippen LogP contribution in [0.1, 0.15) is 10.6 Å². The molecule has 0 bridgehead atoms. The van der Waals surface area contributed by atoms with Crippen molar-refractivity contribution in [2.75, 3.05) is 0 Å². The fourth-order valence-corrected chi connectivity index (χ4v) is 4.80. The van der Waals surface area contributed by atoms with Gasteiger partial charge in [0.2, 0.25) is 10.0 Å². The Bertz CT molecular complexity index is 1010. The third kappa shape index (κ3) is 4.94. The fourth-order valence-electron chi connectivity index (χ4n) is 2.61. The molecule has 0 unspecified atom stereocenters. The third-order valence-corrected chi connectivity index (χ3v) is 6.66. The molecule has 0 atom stereocenters. The molecule has 0 saturated heterocycles. The van der Waals surface area contributed by atoms with Crippen LogP contribution in [0.25, 0.3) is 0 Å². The number of benzene rings is 1. The molecule has 0 amide bonds. The minimum absolute atomic E-state index is 0.104. The lowest BCUT2D eigenvalue weighted by molar-refractivity contribution is -0.274. The molecule has 0 N–H and O–H groups in total. The molecule has 5 nitrogen and oxygen atoms in total. The van der Waals surface area contributed by atoms with E-state index in [0.717, 1.165) is 34.8 Å². The van der Waals surface area contributed by atoms with Gasteiger partial charge in [0.05, 0.1) is 11.4 Å². The molecule has 0 aliphatic heterocycles. The van der Waals surface area contributed by atoms with E-state index >= 15 is 0 Å². The topological polar surface area (TPSA) is 51.5 Å². The average molecular weight is 430 g/mol. The quantitative estimate of drug-likeness (QED) is 0.559. The van der Waals surface area contributed by atoms with Crippen LogP contribution >= 0.6 is 11.3 Å². The first-order valence-electron chi connectivity index (χ1n) is 8.14. The van der Waals surface area contributed by atoms with Crippen LogP contribution in [-0.4, -0.2) is 23.7 Å². The Labute approximate surface area is 164 Å². The van der Waals surface area contributed by atoms with E-state index in [0.29, 0.717) is 0 Å². The number of rotatable bonds is 7. The van der Waals surface area contributed by atoms with Gasteiger partial charge in [-0.2, -0.15) is 4.31 Å². The van der Waals surface area contributed by atoms with E-state index in [-0.39, 0.29) is 18.0 Å². The van der Waals surface area contributed by atoms with Gasteiger partial charge < -0.3 is 9.30 Å². The van der Waals surface area contributed by atoms with Crippen molar-refractivity contribution in [3.05, 3.63) is 70.7 Å². The summed E-state index contributed by atoms with van der Waals surface area (Å²) in [5.41, 5.74) is 0.789. The molecule has 150 valence electrons. The SMILES string of the molecule is Cn1cccc1CN(Cc1cccs1)S(=O)(=O)c1ccc(OC(F)(F)F)cc1. The second-order valence-corrected chi connectivity index (χ2v) is 8.95. The highest BCUT2D eigenvalue weighted by Gasteiger charge is 2.31. The van der Waals surface area contributed by atoms with Crippen LogP contribution in [0, 0.1) is 0 Å². The third-order valence-electron chi connectivity index (χ3n) is 4.00. The molecule has 2 aromatic heterocycles. The Morgan fingerprint density at radius 1 is 1.07 bits per heavy atom. The van der Waals surface area contributed by atoms with E-state index < -0.39 is 22.1 Å². The molecule has 2 heterocycles. The minimum atomic E-state index is -4.84. The highest BCUT2D eigenvalue weighted by molar-refractivity contribution is 7.89. The van der Waals surface area contributed by atoms with Crippen LogP contribution in [0.2, 0.25) is 0 Å². The Balaban J connectivity index is 1.89. The largest absolute Gasteiger partial charge is 0.573 e. The second-order valence-electron chi connectivity index (χ2n) is 5.98. The van der Waals surface area contributed by atoms with Gasteiger partial charge in [0, 0.05) is 30.4 Å². The number of ether oxygens (including phenoxy) is 1. The number of sulfonamides is 1. The monoisotopic (exact) mass is 430 g/mol. The van der Waals surface area contributed by atoms with Gasteiger partial charge in [-0.25, -0.2) is 8.42 Å². The van der Waals surface area contributed by atoms with Gasteiger partial charge in [0.15, 0.2) is 0 Å². The Kier molecular flexibility index (Phi) is 5.82. The van der Waals surface area contributed by atoms with Crippen LogP contribution in [0.3, 0.4) is 0 Å². The van der Waals surface area contributed by atoms with Crippen LogP contribution in [-0.2, 0) is 30.2 Å². The maximum absolute atomic E-state index is 13.2. The predicted molar refractivity (Wildman–Crippen MR) is 99.3 cm³/mol. The van der Waals surface area contributed by atoms with E-state index in [2.05, 4.69) is 4.74 Å². The molecule has 1 aromatic carbocycles. The molecule has 10 heteroatoms. The lowest BCUT2D eigenvalue weighted by atomic mass is 10.3. The highest BCUT2D eigenvalue weighted by atomic mass is 32.2. The molecule has 3 aromatic rings. The zero-order chi connectivity index (χ0) is 20.4. The molecule has 0 aliphatic rings. The highest BCUT2D eigenvalue weighted by Crippen LogP contribution is 2.27. The molecule has 0 radical (unpaired) electrons. The van der Waals surface area contributed by atoms with Crippen molar-refractivity contribution in [2.45, 2.75) is 24.3 Å². The van der Waals surface area contributed by atoms with Gasteiger partial charge in [-0.1, -0.05) is 6.07 Å². The van der Waals surface area contributed by atoms with Crippen molar-refractivity contribution in [2.24, 2.45) is 7.05 Å². The first-order chi connectivity index (χ1) is 13.1. The number of thiophene rings is 1. The number of halogens is 3. The summed E-state index contributed by atoms with van der Waals surface area (Å²) < 4.78 is 70.2. The van der Waals surface area contributed by atoms with Crippen molar-refractivity contribution in [1.29, 1.82) is 0 Å². The number of hydrogen-bond acceptors (Lipinski definition) is 4. The van der Waals surface area contributed by atoms with Crippen molar-refractivity contribution in [3.8, 4) is 5.75 Å². The van der Waals surface area contributed by atoms with Crippen LogP contribution < -0.4 is 4.74 Å². The van der Waals surface area contributed by atoms with Crippen molar-refractivity contribution in [1.82, 2.24) is 8.87 Å². The summed E-state index contributed by atoms with van der Waals surface area (Å²) in [6.45, 7) is 0.288. The zero-order valence-electron chi connectivity index (χ0n) is 14.8. The minimum Gasteiger partial charge on any atom is -0.406 e. The number of hydrogen-bond donors (Lipinski definition) is 0. The summed E-state index contributed by atoms with van der Waals surface area (Å²) in [5.74, 6) is -0.473. The molecule has 0 fully saturated rings. The smallest absolute Gasteiger partial charge is 0.406 e. The molecule has 0 aliphatic carbocycles. The Hall–Kier alpha value is -2.30. The normalized spacial score (nSPS) is 12.5. The predicted octanol–water partition coefficient (Wildman–Crippen LogP) is 4.38. The first-order valence-corrected chi connectivity index (χ1v) is 10.5. The van der Waals surface area contributed by atoms with Crippen LogP contribution in [0.5, 0.6) is 5.75 Å². The molecule has 3 rings (SSSR count). The maximum atomic E-state index is 13.2. The van der Waals surface area contributed by atoms with Crippen molar-refractivity contribution in [3.63, 3.8) is 0 Å². The first kappa shape index (κ1) is 20.4. The molecular weight excluding hydrogens is 413 g/mol. The standard InChI is InChI=1S/C18H17F3N2O3S2/c1-22-10-2-4-14(22)12-23(13-16-5-3-11-27-16)28(24,25)17-8-6-15(7-9-17)26-18(19,20)21/h2-11H,12-13H2,1H3. The number of aryl methyl sites for hydroxylation is 1. The molecule has 28 heavy (non-hydrogen) atoms. The summed E-state index contributed by atoms with van der Waals surface area (Å²) in [6, 6.07) is 11.5. The Morgan fingerprint density at radius 2 is 1.79 bits per heavy atom. The summed E-state index contributed by atoms with van der Waals surface area (Å²) in [5, 5.41) is 1.85. The van der Waals surface area contributed by atoms with Crippen molar-refractivity contribution >= 4 is 21.4 Å². The Morgan fingerprint density at radius 3 is 2.32 bits per heavy atom. The van der Waals surface area contributed by atoms with Gasteiger partial charge >= 0.3 is 6.36 Å². The van der Waals surface area contributed by atoms with Crippen LogP contribution in [0.15, 0.2) is 65.0 Å². The molecule has 0 saturated carbocycles. The number of aromatic nitrogens is 1. The number of alkyl halides is 3. The second kappa shape index (κ2) is 7.98. The lowest BCUT2D eigenvalue weighted by Crippen LogP contribution is -2.30. The summed E-state index contributed by atoms with van der Waals surface area (Å²) in [7, 11) is -2.13. The van der Waals surface area contributed by atoms with Gasteiger partial charge in [0.1, 0.15) is 5.75 Å². The lowest BCUT2D eigenvalue weighted by Gasteiger charge is -2.22. The summed E-state index contributed by atoms with van der Waals surface area (Å²) in [4.78, 5) is 0.752. The zero-order valence-corrected chi connectivity index (χ0v) is 16.4. The number of nitrogens with zero attached hydrogens (tertiary/aromatic N) is 2. The van der Waals surface area contributed by atoms with Gasteiger partial charge in [-0.3, -0.25) is 0 Å². The maximum Gasteiger partial charge on any atom is 0.573 e. The summed E-state index contributed by atoms with van der Waals surface area (Å²) >= 11 is 1.43. The van der Waals surface area contributed by atoms with E-state index in [1.807, 2.05) is 47.5 Å². The van der Waals surface area contributed by atoms with E-state index in [4.69, 9.17) is 0 Å². The van der Waals surface area contributed by atoms with Crippen LogP contribution in [0.4, 0.5) is 13.2 Å². The van der Waals surface area contributed by atoms with Gasteiger partial charge in [-0.15, -0.1) is 24.5 Å². The van der Waals surface area contributed by atoms with E-state index in [1.54, 1.807) is 0 Å².